The fraction of sp³-hybridized carbons (Fsp3) is 0.176. The van der Waals surface area contributed by atoms with Gasteiger partial charge in [0.05, 0.1) is 7.11 Å². The van der Waals surface area contributed by atoms with Crippen LogP contribution in [0, 0.1) is 0 Å². The summed E-state index contributed by atoms with van der Waals surface area (Å²) >= 11 is 5.82. The smallest absolute Gasteiger partial charge is 0.344 e. The molecule has 0 saturated heterocycles. The summed E-state index contributed by atoms with van der Waals surface area (Å²) in [4.78, 5) is 23.3. The predicted molar refractivity (Wildman–Crippen MR) is 89.5 cm³/mol. The van der Waals surface area contributed by atoms with E-state index in [1.165, 1.54) is 7.11 Å². The van der Waals surface area contributed by atoms with E-state index in [4.69, 9.17) is 25.8 Å². The first-order chi connectivity index (χ1) is 11.6. The molecule has 0 atom stereocenters. The van der Waals surface area contributed by atoms with Crippen LogP contribution in [-0.4, -0.2) is 32.2 Å². The summed E-state index contributed by atoms with van der Waals surface area (Å²) in [7, 11) is 1.50. The molecule has 0 aliphatic rings. The van der Waals surface area contributed by atoms with E-state index >= 15 is 0 Å². The highest BCUT2D eigenvalue weighted by Crippen LogP contribution is 2.25. The van der Waals surface area contributed by atoms with Gasteiger partial charge in [-0.15, -0.1) is 0 Å². The number of carbonyl (C=O) groups excluding carboxylic acids is 2. The molecule has 0 fully saturated rings. The number of hydrogen-bond donors (Lipinski definition) is 1. The summed E-state index contributed by atoms with van der Waals surface area (Å²) in [5, 5.41) is 3.06. The highest BCUT2D eigenvalue weighted by molar-refractivity contribution is 6.30. The monoisotopic (exact) mass is 349 g/mol. The molecule has 1 N–H and O–H groups in total. The number of para-hydroxylation sites is 2. The topological polar surface area (TPSA) is 73.9 Å². The molecule has 0 heterocycles. The Morgan fingerprint density at radius 2 is 1.79 bits per heavy atom. The van der Waals surface area contributed by atoms with Crippen molar-refractivity contribution in [1.29, 1.82) is 0 Å². The van der Waals surface area contributed by atoms with Crippen LogP contribution in [0.15, 0.2) is 48.5 Å². The molecule has 24 heavy (non-hydrogen) atoms. The highest BCUT2D eigenvalue weighted by atomic mass is 35.5. The number of methoxy groups -OCH3 is 1. The maximum atomic E-state index is 11.7. The quantitative estimate of drug-likeness (QED) is 0.778. The zero-order valence-electron chi connectivity index (χ0n) is 13.0. The molecule has 126 valence electrons. The Morgan fingerprint density at radius 1 is 1.04 bits per heavy atom. The maximum absolute atomic E-state index is 11.7. The van der Waals surface area contributed by atoms with Crippen LogP contribution in [0.3, 0.4) is 0 Å². The molecule has 0 radical (unpaired) electrons. The molecule has 7 heteroatoms. The van der Waals surface area contributed by atoms with Gasteiger partial charge in [0.25, 0.3) is 5.91 Å². The number of amides is 1. The van der Waals surface area contributed by atoms with Gasteiger partial charge in [0.2, 0.25) is 0 Å². The lowest BCUT2D eigenvalue weighted by atomic mass is 10.3. The van der Waals surface area contributed by atoms with E-state index in [2.05, 4.69) is 5.32 Å². The second kappa shape index (κ2) is 8.79. The van der Waals surface area contributed by atoms with Gasteiger partial charge >= 0.3 is 5.97 Å². The molecule has 0 unspecified atom stereocenters. The van der Waals surface area contributed by atoms with Crippen molar-refractivity contribution >= 4 is 29.2 Å². The molecular formula is C17H16ClNO5. The minimum absolute atomic E-state index is 0.329. The van der Waals surface area contributed by atoms with Gasteiger partial charge in [-0.25, -0.2) is 4.79 Å². The largest absolute Gasteiger partial charge is 0.493 e. The van der Waals surface area contributed by atoms with Crippen LogP contribution < -0.4 is 14.8 Å². The van der Waals surface area contributed by atoms with Gasteiger partial charge in [-0.3, -0.25) is 4.79 Å². The van der Waals surface area contributed by atoms with E-state index in [0.717, 1.165) is 0 Å². The van der Waals surface area contributed by atoms with Crippen molar-refractivity contribution < 1.29 is 23.8 Å². The molecule has 1 amide bonds. The summed E-state index contributed by atoms with van der Waals surface area (Å²) < 4.78 is 15.3. The minimum Gasteiger partial charge on any atom is -0.493 e. The van der Waals surface area contributed by atoms with Crippen molar-refractivity contribution in [2.24, 2.45) is 0 Å². The van der Waals surface area contributed by atoms with Crippen LogP contribution in [0.5, 0.6) is 11.5 Å². The molecule has 0 bridgehead atoms. The van der Waals surface area contributed by atoms with Crippen molar-refractivity contribution in [2.45, 2.75) is 0 Å². The van der Waals surface area contributed by atoms with Crippen LogP contribution in [0.4, 0.5) is 5.69 Å². The zero-order chi connectivity index (χ0) is 17.4. The van der Waals surface area contributed by atoms with Gasteiger partial charge < -0.3 is 19.5 Å². The first-order valence-electron chi connectivity index (χ1n) is 7.05. The first-order valence-corrected chi connectivity index (χ1v) is 7.43. The number of nitrogens with one attached hydrogen (secondary N) is 1. The summed E-state index contributed by atoms with van der Waals surface area (Å²) in [5.41, 5.74) is 0.522. The first kappa shape index (κ1) is 17.6. The third kappa shape index (κ3) is 5.48. The molecule has 6 nitrogen and oxygen atoms in total. The molecule has 0 aliphatic carbocycles. The van der Waals surface area contributed by atoms with Crippen LogP contribution in [0.1, 0.15) is 0 Å². The number of benzene rings is 2. The number of ether oxygens (including phenoxy) is 3. The van der Waals surface area contributed by atoms with Crippen molar-refractivity contribution in [1.82, 2.24) is 0 Å². The average Bonchev–Trinajstić information content (AvgIpc) is 2.58. The Morgan fingerprint density at radius 3 is 2.50 bits per heavy atom. The van der Waals surface area contributed by atoms with Crippen LogP contribution in [-0.2, 0) is 14.3 Å². The number of esters is 1. The third-order valence-electron chi connectivity index (χ3n) is 2.89. The minimum atomic E-state index is -0.665. The van der Waals surface area contributed by atoms with Gasteiger partial charge in [0, 0.05) is 10.7 Å². The summed E-state index contributed by atoms with van der Waals surface area (Å²) in [6.45, 7) is -0.745. The van der Waals surface area contributed by atoms with Crippen molar-refractivity contribution in [3.8, 4) is 11.5 Å². The second-order valence-electron chi connectivity index (χ2n) is 4.66. The van der Waals surface area contributed by atoms with Gasteiger partial charge in [-0.05, 0) is 30.3 Å². The normalized spacial score (nSPS) is 9.92. The van der Waals surface area contributed by atoms with Crippen molar-refractivity contribution in [3.63, 3.8) is 0 Å². The molecule has 2 rings (SSSR count). The Bertz CT molecular complexity index is 720. The molecule has 0 aromatic heterocycles. The Hall–Kier alpha value is -2.73. The third-order valence-corrected chi connectivity index (χ3v) is 3.12. The van der Waals surface area contributed by atoms with Gasteiger partial charge in [0.1, 0.15) is 0 Å². The SMILES string of the molecule is COc1ccccc1OCC(=O)OCC(=O)Nc1cccc(Cl)c1. The van der Waals surface area contributed by atoms with Gasteiger partial charge in [-0.2, -0.15) is 0 Å². The Kier molecular flexibility index (Phi) is 6.45. The van der Waals surface area contributed by atoms with E-state index in [9.17, 15) is 9.59 Å². The summed E-state index contributed by atoms with van der Waals surface area (Å²) in [5.74, 6) is -0.214. The number of anilines is 1. The fourth-order valence-electron chi connectivity index (χ4n) is 1.83. The Balaban J connectivity index is 1.75. The van der Waals surface area contributed by atoms with E-state index in [-0.39, 0.29) is 6.61 Å². The average molecular weight is 350 g/mol. The Labute approximate surface area is 144 Å². The second-order valence-corrected chi connectivity index (χ2v) is 5.10. The van der Waals surface area contributed by atoms with Crippen molar-refractivity contribution in [3.05, 3.63) is 53.6 Å². The van der Waals surface area contributed by atoms with E-state index in [1.54, 1.807) is 48.5 Å². The zero-order valence-corrected chi connectivity index (χ0v) is 13.7. The van der Waals surface area contributed by atoms with Crippen LogP contribution in [0.25, 0.3) is 0 Å². The molecule has 0 saturated carbocycles. The molecule has 0 aliphatic heterocycles. The van der Waals surface area contributed by atoms with E-state index < -0.39 is 18.5 Å². The predicted octanol–water partition coefficient (Wildman–Crippen LogP) is 2.91. The number of halogens is 1. The van der Waals surface area contributed by atoms with Crippen molar-refractivity contribution in [2.75, 3.05) is 25.6 Å². The summed E-state index contributed by atoms with van der Waals surface area (Å²) in [6.07, 6.45) is 0. The number of hydrogen-bond acceptors (Lipinski definition) is 5. The standard InChI is InChI=1S/C17H16ClNO5/c1-22-14-7-2-3-8-15(14)23-11-17(21)24-10-16(20)19-13-6-4-5-12(18)9-13/h2-9H,10-11H2,1H3,(H,19,20). The fourth-order valence-corrected chi connectivity index (χ4v) is 2.02. The van der Waals surface area contributed by atoms with E-state index in [0.29, 0.717) is 22.2 Å². The highest BCUT2D eigenvalue weighted by Gasteiger charge is 2.10. The lowest BCUT2D eigenvalue weighted by Crippen LogP contribution is -2.23. The maximum Gasteiger partial charge on any atom is 0.344 e. The van der Waals surface area contributed by atoms with Gasteiger partial charge in [0.15, 0.2) is 24.7 Å². The summed E-state index contributed by atoms with van der Waals surface area (Å²) in [6, 6.07) is 13.6. The van der Waals surface area contributed by atoms with E-state index in [1.807, 2.05) is 0 Å². The molecular weight excluding hydrogens is 334 g/mol. The van der Waals surface area contributed by atoms with Gasteiger partial charge in [-0.1, -0.05) is 29.8 Å². The lowest BCUT2D eigenvalue weighted by Gasteiger charge is -2.10. The number of carbonyl (C=O) groups is 2. The lowest BCUT2D eigenvalue weighted by molar-refractivity contribution is -0.149. The van der Waals surface area contributed by atoms with Crippen LogP contribution in [0.2, 0.25) is 5.02 Å². The molecule has 0 spiro atoms. The molecule has 2 aromatic rings. The number of rotatable bonds is 7. The van der Waals surface area contributed by atoms with Crippen LogP contribution >= 0.6 is 11.6 Å². The molecule has 2 aromatic carbocycles.